The van der Waals surface area contributed by atoms with Crippen LogP contribution in [-0.2, 0) is 32.1 Å². The Morgan fingerprint density at radius 3 is 2.42 bits per heavy atom. The van der Waals surface area contributed by atoms with E-state index in [9.17, 15) is 23.2 Å². The van der Waals surface area contributed by atoms with Crippen LogP contribution >= 0.6 is 10.0 Å². The second-order valence-electron chi connectivity index (χ2n) is 9.35. The highest BCUT2D eigenvalue weighted by molar-refractivity contribution is 8.32. The molecular formula is C25H31F2N3O5S. The van der Waals surface area contributed by atoms with E-state index in [-0.39, 0.29) is 48.9 Å². The van der Waals surface area contributed by atoms with Gasteiger partial charge in [-0.15, -0.1) is 0 Å². The topological polar surface area (TPSA) is 109 Å². The average Bonchev–Trinajstić information content (AvgIpc) is 2.76. The van der Waals surface area contributed by atoms with Crippen molar-refractivity contribution in [1.29, 1.82) is 0 Å². The number of halogens is 2. The summed E-state index contributed by atoms with van der Waals surface area (Å²) in [5.74, 6) is -3.53. The molecule has 2 aromatic rings. The molecule has 0 fully saturated rings. The van der Waals surface area contributed by atoms with Crippen LogP contribution in [0.25, 0.3) is 0 Å². The summed E-state index contributed by atoms with van der Waals surface area (Å²) < 4.78 is 34.6. The minimum atomic E-state index is -1.69. The number of carbonyl (C=O) groups is 3. The van der Waals surface area contributed by atoms with Crippen molar-refractivity contribution >= 4 is 33.5 Å². The number of ether oxygens (including phenoxy) is 1. The van der Waals surface area contributed by atoms with E-state index in [1.54, 1.807) is 38.0 Å². The fourth-order valence-corrected chi connectivity index (χ4v) is 5.56. The molecule has 36 heavy (non-hydrogen) atoms. The van der Waals surface area contributed by atoms with Gasteiger partial charge in [-0.1, -0.05) is 6.07 Å². The molecule has 0 saturated carbocycles. The van der Waals surface area contributed by atoms with Crippen molar-refractivity contribution in [2.45, 2.75) is 43.2 Å². The number of nitrogens with zero attached hydrogens (tertiary/aromatic N) is 2. The van der Waals surface area contributed by atoms with Crippen LogP contribution in [0.15, 0.2) is 29.2 Å². The van der Waals surface area contributed by atoms with Gasteiger partial charge in [-0.05, 0) is 43.4 Å². The van der Waals surface area contributed by atoms with Crippen molar-refractivity contribution in [1.82, 2.24) is 9.88 Å². The van der Waals surface area contributed by atoms with Crippen LogP contribution in [0.5, 0.6) is 0 Å². The summed E-state index contributed by atoms with van der Waals surface area (Å²) in [6.45, 7) is 0.470. The number of aliphatic carboxylic acids is 1. The van der Waals surface area contributed by atoms with Gasteiger partial charge in [-0.2, -0.15) is 0 Å². The van der Waals surface area contributed by atoms with E-state index in [0.717, 1.165) is 12.1 Å². The number of carbonyl (C=O) groups excluding carboxylic acids is 2. The Bertz CT molecular complexity index is 1150. The molecule has 0 bridgehead atoms. The average molecular weight is 524 g/mol. The van der Waals surface area contributed by atoms with Gasteiger partial charge < -0.3 is 20.1 Å². The van der Waals surface area contributed by atoms with E-state index < -0.39 is 39.6 Å². The summed E-state index contributed by atoms with van der Waals surface area (Å²) in [4.78, 5) is 43.2. The maximum Gasteiger partial charge on any atom is 0.303 e. The van der Waals surface area contributed by atoms with Crippen LogP contribution in [0.1, 0.15) is 42.3 Å². The Morgan fingerprint density at radius 1 is 1.17 bits per heavy atom. The fraction of sp³-hybridized carbons (Fsp3) is 0.440. The van der Waals surface area contributed by atoms with Gasteiger partial charge in [-0.3, -0.25) is 19.4 Å². The number of aromatic nitrogens is 1. The molecule has 2 N–H and O–H groups in total. The van der Waals surface area contributed by atoms with E-state index in [1.807, 2.05) is 0 Å². The number of methoxy groups -OCH3 is 1. The lowest BCUT2D eigenvalue weighted by molar-refractivity contribution is -0.140. The number of nitrogens with one attached hydrogen (secondary N) is 1. The van der Waals surface area contributed by atoms with Crippen LogP contribution in [-0.4, -0.2) is 65.2 Å². The zero-order valence-electron chi connectivity index (χ0n) is 20.8. The molecule has 3 rings (SSSR count). The number of rotatable bonds is 9. The molecule has 0 unspecified atom stereocenters. The smallest absolute Gasteiger partial charge is 0.303 e. The lowest BCUT2D eigenvalue weighted by atomic mass is 9.94. The van der Waals surface area contributed by atoms with Crippen LogP contribution in [0, 0.1) is 11.6 Å². The van der Waals surface area contributed by atoms with Gasteiger partial charge in [0.05, 0.1) is 17.2 Å². The predicted octanol–water partition coefficient (Wildman–Crippen LogP) is 3.88. The third-order valence-corrected chi connectivity index (χ3v) is 7.40. The van der Waals surface area contributed by atoms with Crippen molar-refractivity contribution in [2.75, 3.05) is 37.7 Å². The largest absolute Gasteiger partial charge is 0.481 e. The molecule has 2 heterocycles. The number of carboxylic acids is 1. The van der Waals surface area contributed by atoms with Crippen LogP contribution in [0.3, 0.4) is 0 Å². The monoisotopic (exact) mass is 523 g/mol. The number of benzene rings is 1. The lowest BCUT2D eigenvalue weighted by Crippen LogP contribution is -2.45. The van der Waals surface area contributed by atoms with Gasteiger partial charge in [0.15, 0.2) is 0 Å². The van der Waals surface area contributed by atoms with E-state index in [2.05, 4.69) is 10.3 Å². The van der Waals surface area contributed by atoms with Gasteiger partial charge in [0.2, 0.25) is 5.91 Å². The van der Waals surface area contributed by atoms with Gasteiger partial charge in [0, 0.05) is 49.9 Å². The van der Waals surface area contributed by atoms with Crippen molar-refractivity contribution < 1.29 is 33.0 Å². The van der Waals surface area contributed by atoms with E-state index in [1.165, 1.54) is 4.90 Å². The number of anilines is 1. The molecule has 1 aliphatic heterocycles. The van der Waals surface area contributed by atoms with E-state index in [4.69, 9.17) is 9.84 Å². The first-order valence-electron chi connectivity index (χ1n) is 11.4. The Balaban J connectivity index is 1.93. The van der Waals surface area contributed by atoms with Crippen molar-refractivity contribution in [2.24, 2.45) is 0 Å². The third-order valence-electron chi connectivity index (χ3n) is 5.78. The molecule has 0 aliphatic carbocycles. The highest BCUT2D eigenvalue weighted by Gasteiger charge is 2.37. The van der Waals surface area contributed by atoms with E-state index >= 15 is 0 Å². The number of hydrogen-bond acceptors (Lipinski definition) is 5. The zero-order valence-corrected chi connectivity index (χ0v) is 21.6. The first-order chi connectivity index (χ1) is 16.9. The second kappa shape index (κ2) is 11.3. The number of pyridine rings is 1. The maximum absolute atomic E-state index is 14.8. The van der Waals surface area contributed by atoms with Gasteiger partial charge in [0.1, 0.15) is 17.7 Å². The Morgan fingerprint density at radius 2 is 1.83 bits per heavy atom. The Labute approximate surface area is 210 Å². The van der Waals surface area contributed by atoms with Crippen molar-refractivity contribution in [3.63, 3.8) is 0 Å². The maximum atomic E-state index is 14.8. The summed E-state index contributed by atoms with van der Waals surface area (Å²) in [6, 6.07) is 4.47. The number of fused-ring (bicyclic) bond motifs is 1. The summed E-state index contributed by atoms with van der Waals surface area (Å²) in [5.41, 5.74) is 1.74. The first kappa shape index (κ1) is 27.5. The van der Waals surface area contributed by atoms with Crippen LogP contribution in [0.4, 0.5) is 14.5 Å². The fourth-order valence-electron chi connectivity index (χ4n) is 4.27. The number of amides is 2. The third kappa shape index (κ3) is 6.38. The SMILES string of the molecule is COCc1ccc2c(n1)CCN(C(=O)CCCC(=O)O)[C@H]2C(=O)Nc1cc(F)c(S(C)(C)C)c(F)c1. The summed E-state index contributed by atoms with van der Waals surface area (Å²) in [7, 11) is -0.148. The molecule has 0 spiro atoms. The highest BCUT2D eigenvalue weighted by Crippen LogP contribution is 2.48. The summed E-state index contributed by atoms with van der Waals surface area (Å²) >= 11 is 0. The standard InChI is InChI=1S/C25H31F2N3O5S/c1-35-14-15-8-9-17-20(28-15)10-11-30(21(31)6-5-7-22(32)33)23(17)25(34)29-16-12-18(26)24(19(27)13-16)36(2,3)4/h8-9,12-13,23H,5-7,10-11,14H2,1-4H3,(H,29,34)(H,32,33)/t23-/m1/s1. The molecule has 196 valence electrons. The minimum absolute atomic E-state index is 0.00591. The molecule has 0 radical (unpaired) electrons. The van der Waals surface area contributed by atoms with Gasteiger partial charge >= 0.3 is 5.97 Å². The van der Waals surface area contributed by atoms with Crippen molar-refractivity contribution in [3.05, 3.63) is 52.9 Å². The molecule has 1 aromatic heterocycles. The number of carboxylic acid groups (broad SMARTS) is 1. The minimum Gasteiger partial charge on any atom is -0.481 e. The van der Waals surface area contributed by atoms with Crippen LogP contribution in [0.2, 0.25) is 0 Å². The van der Waals surface area contributed by atoms with Gasteiger partial charge in [0.25, 0.3) is 5.91 Å². The Hall–Kier alpha value is -3.05. The van der Waals surface area contributed by atoms with Crippen LogP contribution < -0.4 is 5.32 Å². The first-order valence-corrected chi connectivity index (χ1v) is 14.2. The quantitative estimate of drug-likeness (QED) is 0.517. The molecule has 1 atom stereocenters. The van der Waals surface area contributed by atoms with Crippen molar-refractivity contribution in [3.8, 4) is 0 Å². The predicted molar refractivity (Wildman–Crippen MR) is 133 cm³/mol. The normalized spacial score (nSPS) is 15.8. The molecule has 2 amide bonds. The lowest BCUT2D eigenvalue weighted by Gasteiger charge is -2.36. The molecule has 8 nitrogen and oxygen atoms in total. The summed E-state index contributed by atoms with van der Waals surface area (Å²) in [6.07, 6.45) is 5.61. The Kier molecular flexibility index (Phi) is 8.67. The molecule has 11 heteroatoms. The molecular weight excluding hydrogens is 492 g/mol. The summed E-state index contributed by atoms with van der Waals surface area (Å²) in [5, 5.41) is 11.4. The molecule has 1 aromatic carbocycles. The molecule has 0 saturated heterocycles. The highest BCUT2D eigenvalue weighted by atomic mass is 32.3. The second-order valence-corrected chi connectivity index (χ2v) is 13.4. The number of hydrogen-bond donors (Lipinski definition) is 2. The molecule has 1 aliphatic rings. The van der Waals surface area contributed by atoms with Gasteiger partial charge in [-0.25, -0.2) is 18.8 Å². The van der Waals surface area contributed by atoms with E-state index in [0.29, 0.717) is 23.4 Å². The zero-order chi connectivity index (χ0) is 26.6.